The Hall–Kier alpha value is -1.80. The molecule has 5 heteroatoms. The molecule has 0 unspecified atom stereocenters. The highest BCUT2D eigenvalue weighted by atomic mass is 79.9. The molecule has 4 nitrogen and oxygen atoms in total. The van der Waals surface area contributed by atoms with E-state index >= 15 is 0 Å². The minimum absolute atomic E-state index is 0.134. The summed E-state index contributed by atoms with van der Waals surface area (Å²) in [6.45, 7) is 1.59. The fourth-order valence-corrected chi connectivity index (χ4v) is 1.47. The molecule has 2 N–H and O–H groups in total. The van der Waals surface area contributed by atoms with Gasteiger partial charge >= 0.3 is 5.97 Å². The van der Waals surface area contributed by atoms with Crippen LogP contribution in [0, 0.1) is 11.8 Å². The van der Waals surface area contributed by atoms with Crippen LogP contribution in [0.4, 0.5) is 0 Å². The quantitative estimate of drug-likeness (QED) is 0.815. The molecule has 0 aliphatic rings. The van der Waals surface area contributed by atoms with Crippen molar-refractivity contribution in [2.24, 2.45) is 0 Å². The highest BCUT2D eigenvalue weighted by Gasteiger charge is 2.08. The number of halogens is 1. The third-order valence-electron chi connectivity index (χ3n) is 1.86. The summed E-state index contributed by atoms with van der Waals surface area (Å²) >= 11 is 3.20. The van der Waals surface area contributed by atoms with Crippen LogP contribution in [0.5, 0.6) is 0 Å². The van der Waals surface area contributed by atoms with Gasteiger partial charge in [-0.2, -0.15) is 0 Å². The topological polar surface area (TPSA) is 66.4 Å². The molecule has 88 valence electrons. The Morgan fingerprint density at radius 2 is 2.18 bits per heavy atom. The van der Waals surface area contributed by atoms with Gasteiger partial charge in [0.05, 0.1) is 12.1 Å². The first-order valence-corrected chi connectivity index (χ1v) is 5.56. The van der Waals surface area contributed by atoms with E-state index in [1.807, 2.05) is 0 Å². The first-order valence-electron chi connectivity index (χ1n) is 4.77. The maximum atomic E-state index is 11.0. The summed E-state index contributed by atoms with van der Waals surface area (Å²) in [5, 5.41) is 11.5. The molecule has 0 aromatic heterocycles. The molecule has 0 spiro atoms. The van der Waals surface area contributed by atoms with Crippen LogP contribution in [-0.4, -0.2) is 23.5 Å². The van der Waals surface area contributed by atoms with E-state index in [-0.39, 0.29) is 18.0 Å². The van der Waals surface area contributed by atoms with Gasteiger partial charge in [0.15, 0.2) is 0 Å². The zero-order valence-electron chi connectivity index (χ0n) is 9.08. The monoisotopic (exact) mass is 295 g/mol. The summed E-state index contributed by atoms with van der Waals surface area (Å²) in [6, 6.07) is 4.83. The number of amides is 1. The smallest absolute Gasteiger partial charge is 0.337 e. The molecular formula is C12H10BrNO3. The molecule has 0 saturated carbocycles. The largest absolute Gasteiger partial charge is 0.478 e. The standard InChI is InChI=1S/C12H10BrNO3/c1-8(15)14-6-2-3-9-4-5-10(13)7-11(9)12(16)17/h4-5,7H,6H2,1H3,(H,14,15)(H,16,17). The van der Waals surface area contributed by atoms with Crippen molar-refractivity contribution in [1.29, 1.82) is 0 Å². The Morgan fingerprint density at radius 1 is 1.47 bits per heavy atom. The molecular weight excluding hydrogens is 286 g/mol. The van der Waals surface area contributed by atoms with Gasteiger partial charge in [0.2, 0.25) is 5.91 Å². The van der Waals surface area contributed by atoms with Crippen LogP contribution in [0.15, 0.2) is 22.7 Å². The van der Waals surface area contributed by atoms with Crippen molar-refractivity contribution in [2.45, 2.75) is 6.92 Å². The van der Waals surface area contributed by atoms with Crippen molar-refractivity contribution in [3.05, 3.63) is 33.8 Å². The van der Waals surface area contributed by atoms with Gasteiger partial charge in [0.1, 0.15) is 0 Å². The number of carboxylic acid groups (broad SMARTS) is 1. The fourth-order valence-electron chi connectivity index (χ4n) is 1.11. The number of rotatable bonds is 2. The maximum absolute atomic E-state index is 11.0. The average Bonchev–Trinajstić information content (AvgIpc) is 2.25. The van der Waals surface area contributed by atoms with Gasteiger partial charge in [-0.25, -0.2) is 4.79 Å². The Bertz CT molecular complexity index is 514. The normalized spacial score (nSPS) is 9.06. The van der Waals surface area contributed by atoms with E-state index in [9.17, 15) is 9.59 Å². The van der Waals surface area contributed by atoms with Crippen LogP contribution in [0.3, 0.4) is 0 Å². The van der Waals surface area contributed by atoms with E-state index in [0.717, 1.165) is 0 Å². The fraction of sp³-hybridized carbons (Fsp3) is 0.167. The SMILES string of the molecule is CC(=O)NCC#Cc1ccc(Br)cc1C(=O)O. The lowest BCUT2D eigenvalue weighted by molar-refractivity contribution is -0.118. The zero-order chi connectivity index (χ0) is 12.8. The second-order valence-corrected chi connectivity index (χ2v) is 4.12. The van der Waals surface area contributed by atoms with E-state index in [1.54, 1.807) is 12.1 Å². The Kier molecular flexibility index (Phi) is 4.73. The van der Waals surface area contributed by atoms with E-state index < -0.39 is 5.97 Å². The molecule has 0 atom stereocenters. The van der Waals surface area contributed by atoms with Crippen LogP contribution in [0.25, 0.3) is 0 Å². The number of aromatic carboxylic acids is 1. The third kappa shape index (κ3) is 4.29. The molecule has 0 aliphatic carbocycles. The molecule has 1 aromatic carbocycles. The Morgan fingerprint density at radius 3 is 2.76 bits per heavy atom. The van der Waals surface area contributed by atoms with Gasteiger partial charge < -0.3 is 10.4 Å². The van der Waals surface area contributed by atoms with Crippen LogP contribution >= 0.6 is 15.9 Å². The van der Waals surface area contributed by atoms with Crippen LogP contribution in [-0.2, 0) is 4.79 Å². The number of hydrogen-bond acceptors (Lipinski definition) is 2. The minimum Gasteiger partial charge on any atom is -0.478 e. The average molecular weight is 296 g/mol. The first-order chi connectivity index (χ1) is 8.00. The Labute approximate surface area is 107 Å². The summed E-state index contributed by atoms with van der Waals surface area (Å²) in [4.78, 5) is 21.6. The predicted octanol–water partition coefficient (Wildman–Crippen LogP) is 1.63. The van der Waals surface area contributed by atoms with Gasteiger partial charge in [-0.1, -0.05) is 27.8 Å². The molecule has 0 heterocycles. The van der Waals surface area contributed by atoms with E-state index in [1.165, 1.54) is 13.0 Å². The van der Waals surface area contributed by atoms with Crippen LogP contribution in [0.2, 0.25) is 0 Å². The minimum atomic E-state index is -1.03. The van der Waals surface area contributed by atoms with Crippen molar-refractivity contribution in [3.63, 3.8) is 0 Å². The predicted molar refractivity (Wildman–Crippen MR) is 66.7 cm³/mol. The number of carbonyl (C=O) groups is 2. The van der Waals surface area contributed by atoms with Crippen LogP contribution < -0.4 is 5.32 Å². The van der Waals surface area contributed by atoms with Crippen molar-refractivity contribution in [3.8, 4) is 11.8 Å². The summed E-state index contributed by atoms with van der Waals surface area (Å²) in [5.41, 5.74) is 0.556. The number of benzene rings is 1. The highest BCUT2D eigenvalue weighted by Crippen LogP contribution is 2.15. The van der Waals surface area contributed by atoms with Crippen molar-refractivity contribution < 1.29 is 14.7 Å². The molecule has 0 aliphatic heterocycles. The van der Waals surface area contributed by atoms with Gasteiger partial charge in [-0.3, -0.25) is 4.79 Å². The van der Waals surface area contributed by atoms with Gasteiger partial charge in [0.25, 0.3) is 0 Å². The summed E-state index contributed by atoms with van der Waals surface area (Å²) in [7, 11) is 0. The summed E-state index contributed by atoms with van der Waals surface area (Å²) < 4.78 is 0.683. The molecule has 0 radical (unpaired) electrons. The number of hydrogen-bond donors (Lipinski definition) is 2. The first kappa shape index (κ1) is 13.3. The van der Waals surface area contributed by atoms with E-state index in [2.05, 4.69) is 33.1 Å². The van der Waals surface area contributed by atoms with Crippen molar-refractivity contribution in [2.75, 3.05) is 6.54 Å². The van der Waals surface area contributed by atoms with Gasteiger partial charge in [0, 0.05) is 17.0 Å². The second kappa shape index (κ2) is 6.06. The number of nitrogens with one attached hydrogen (secondary N) is 1. The lowest BCUT2D eigenvalue weighted by Crippen LogP contribution is -2.19. The summed E-state index contributed by atoms with van der Waals surface area (Å²) in [5.74, 6) is 4.19. The Balaban J connectivity index is 2.90. The molecule has 1 amide bonds. The van der Waals surface area contributed by atoms with Gasteiger partial charge in [-0.05, 0) is 18.2 Å². The molecule has 17 heavy (non-hydrogen) atoms. The third-order valence-corrected chi connectivity index (χ3v) is 2.35. The van der Waals surface area contributed by atoms with Crippen LogP contribution in [0.1, 0.15) is 22.8 Å². The maximum Gasteiger partial charge on any atom is 0.337 e. The number of carbonyl (C=O) groups excluding carboxylic acids is 1. The van der Waals surface area contributed by atoms with E-state index in [4.69, 9.17) is 5.11 Å². The van der Waals surface area contributed by atoms with E-state index in [0.29, 0.717) is 10.0 Å². The van der Waals surface area contributed by atoms with Crippen molar-refractivity contribution >= 4 is 27.8 Å². The van der Waals surface area contributed by atoms with Gasteiger partial charge in [-0.15, -0.1) is 0 Å². The lowest BCUT2D eigenvalue weighted by Gasteiger charge is -1.99. The zero-order valence-corrected chi connectivity index (χ0v) is 10.7. The lowest BCUT2D eigenvalue weighted by atomic mass is 10.1. The molecule has 0 fully saturated rings. The second-order valence-electron chi connectivity index (χ2n) is 3.21. The number of carboxylic acids is 1. The molecule has 0 bridgehead atoms. The molecule has 1 rings (SSSR count). The van der Waals surface area contributed by atoms with Crippen molar-refractivity contribution in [1.82, 2.24) is 5.32 Å². The molecule has 1 aromatic rings. The molecule has 0 saturated heterocycles. The highest BCUT2D eigenvalue weighted by molar-refractivity contribution is 9.10. The summed E-state index contributed by atoms with van der Waals surface area (Å²) in [6.07, 6.45) is 0.